The molecule has 12 rings (SSSR count). The van der Waals surface area contributed by atoms with E-state index in [1.807, 2.05) is 0 Å². The average Bonchev–Trinajstić information content (AvgIpc) is 3.96. The van der Waals surface area contributed by atoms with Crippen molar-refractivity contribution in [3.05, 3.63) is 216 Å². The van der Waals surface area contributed by atoms with Crippen molar-refractivity contribution < 1.29 is 0 Å². The van der Waals surface area contributed by atoms with Gasteiger partial charge in [-0.2, -0.15) is 0 Å². The molecule has 252 valence electrons. The molecule has 0 saturated carbocycles. The van der Waals surface area contributed by atoms with Crippen molar-refractivity contribution in [1.29, 1.82) is 0 Å². The van der Waals surface area contributed by atoms with Crippen LogP contribution in [0.15, 0.2) is 194 Å². The first kappa shape index (κ1) is 29.4. The smallest absolute Gasteiger partial charge is 0.220 e. The van der Waals surface area contributed by atoms with Crippen molar-refractivity contribution in [3.8, 4) is 22.5 Å². The topological polar surface area (TPSA) is 27.2 Å². The van der Waals surface area contributed by atoms with Gasteiger partial charge < -0.3 is 4.57 Å². The molecule has 0 radical (unpaired) electrons. The van der Waals surface area contributed by atoms with Gasteiger partial charge in [0.1, 0.15) is 0 Å². The first-order valence-electron chi connectivity index (χ1n) is 18.6. The van der Waals surface area contributed by atoms with Crippen LogP contribution in [0.2, 0.25) is 0 Å². The summed E-state index contributed by atoms with van der Waals surface area (Å²) >= 11 is 0. The van der Waals surface area contributed by atoms with Gasteiger partial charge >= 0.3 is 0 Å². The highest BCUT2D eigenvalue weighted by Crippen LogP contribution is 2.56. The first-order valence-corrected chi connectivity index (χ1v) is 18.6. The number of nitrogens with zero attached hydrogens (tertiary/aromatic N) is 4. The van der Waals surface area contributed by atoms with Gasteiger partial charge in [0.2, 0.25) is 5.78 Å². The quantitative estimate of drug-likeness (QED) is 0.181. The van der Waals surface area contributed by atoms with E-state index in [0.717, 1.165) is 39.2 Å². The fraction of sp³-hybridized carbons (Fsp3) is 0.0200. The predicted molar refractivity (Wildman–Crippen MR) is 221 cm³/mol. The van der Waals surface area contributed by atoms with Gasteiger partial charge in [0.05, 0.1) is 38.5 Å². The summed E-state index contributed by atoms with van der Waals surface area (Å²) in [6, 6.07) is 70.8. The molecule has 1 aliphatic rings. The van der Waals surface area contributed by atoms with E-state index in [1.165, 1.54) is 55.2 Å². The molecule has 3 aromatic heterocycles. The summed E-state index contributed by atoms with van der Waals surface area (Å²) in [5, 5.41) is 2.42. The second-order valence-corrected chi connectivity index (χ2v) is 14.4. The number of para-hydroxylation sites is 5. The number of hydrogen-bond donors (Lipinski definition) is 0. The summed E-state index contributed by atoms with van der Waals surface area (Å²) in [6.07, 6.45) is 0. The summed E-state index contributed by atoms with van der Waals surface area (Å²) in [7, 11) is 0. The van der Waals surface area contributed by atoms with Crippen molar-refractivity contribution in [2.24, 2.45) is 0 Å². The van der Waals surface area contributed by atoms with Crippen molar-refractivity contribution in [1.82, 2.24) is 18.5 Å². The molecule has 4 heteroatoms. The Hall–Kier alpha value is -7.17. The molecule has 0 fully saturated rings. The van der Waals surface area contributed by atoms with Crippen LogP contribution in [0.3, 0.4) is 0 Å². The number of aromatic nitrogens is 4. The van der Waals surface area contributed by atoms with Gasteiger partial charge in [-0.15, -0.1) is 0 Å². The molecule has 3 heterocycles. The minimum absolute atomic E-state index is 0.467. The molecule has 4 nitrogen and oxygen atoms in total. The van der Waals surface area contributed by atoms with Crippen LogP contribution in [-0.2, 0) is 5.41 Å². The summed E-state index contributed by atoms with van der Waals surface area (Å²) in [6.45, 7) is 0. The fourth-order valence-electron chi connectivity index (χ4n) is 9.56. The fourth-order valence-corrected chi connectivity index (χ4v) is 9.56. The van der Waals surface area contributed by atoms with Crippen molar-refractivity contribution >= 4 is 49.7 Å². The average molecular weight is 689 g/mol. The Kier molecular flexibility index (Phi) is 5.95. The van der Waals surface area contributed by atoms with Crippen LogP contribution in [0.4, 0.5) is 0 Å². The van der Waals surface area contributed by atoms with Gasteiger partial charge in [-0.3, -0.25) is 8.97 Å². The lowest BCUT2D eigenvalue weighted by Gasteiger charge is -2.34. The Balaban J connectivity index is 1.13. The lowest BCUT2D eigenvalue weighted by molar-refractivity contribution is 0.767. The molecular formula is C50H32N4. The van der Waals surface area contributed by atoms with E-state index in [0.29, 0.717) is 0 Å². The lowest BCUT2D eigenvalue weighted by atomic mass is 9.67. The molecule has 0 bridgehead atoms. The molecule has 8 aromatic carbocycles. The first-order chi connectivity index (χ1) is 26.8. The molecule has 0 N–H and O–H groups in total. The van der Waals surface area contributed by atoms with Crippen LogP contribution in [0.1, 0.15) is 22.3 Å². The van der Waals surface area contributed by atoms with Gasteiger partial charge in [0, 0.05) is 22.1 Å². The van der Waals surface area contributed by atoms with E-state index in [-0.39, 0.29) is 0 Å². The second-order valence-electron chi connectivity index (χ2n) is 14.4. The number of hydrogen-bond acceptors (Lipinski definition) is 1. The lowest BCUT2D eigenvalue weighted by Crippen LogP contribution is -2.28. The Morgan fingerprint density at radius 3 is 1.74 bits per heavy atom. The zero-order valence-electron chi connectivity index (χ0n) is 29.3. The van der Waals surface area contributed by atoms with E-state index >= 15 is 0 Å². The molecule has 0 saturated heterocycles. The minimum Gasteiger partial charge on any atom is -0.309 e. The zero-order chi connectivity index (χ0) is 35.4. The monoisotopic (exact) mass is 688 g/mol. The summed E-state index contributed by atoms with van der Waals surface area (Å²) in [4.78, 5) is 5.16. The molecule has 1 aliphatic carbocycles. The second kappa shape index (κ2) is 10.9. The van der Waals surface area contributed by atoms with Crippen LogP contribution in [0, 0.1) is 0 Å². The standard InChI is InChI=1S/C50H32N4/c1-3-15-33(16-4-1)50(34-17-5-2-6-18-34)41-21-9-7-19-37(41)38-29-27-36(32-42(38)50)52-44-23-11-8-20-39(44)40-31-35(28-30-45(40)52)53-47-25-13-14-26-48(47)54-46-24-12-10-22-43(46)51-49(53)54/h1-32H. The largest absolute Gasteiger partial charge is 0.309 e. The molecule has 54 heavy (non-hydrogen) atoms. The van der Waals surface area contributed by atoms with E-state index in [9.17, 15) is 0 Å². The maximum absolute atomic E-state index is 5.16. The molecule has 0 unspecified atom stereocenters. The molecule has 0 spiro atoms. The van der Waals surface area contributed by atoms with Gasteiger partial charge in [-0.05, 0) is 94.0 Å². The number of imidazole rings is 2. The molecule has 0 aliphatic heterocycles. The summed E-state index contributed by atoms with van der Waals surface area (Å²) in [5.74, 6) is 0.914. The van der Waals surface area contributed by atoms with E-state index in [4.69, 9.17) is 4.98 Å². The van der Waals surface area contributed by atoms with Crippen LogP contribution in [0.5, 0.6) is 0 Å². The van der Waals surface area contributed by atoms with Crippen molar-refractivity contribution in [2.45, 2.75) is 5.41 Å². The Labute approximate surface area is 311 Å². The normalized spacial score (nSPS) is 13.3. The van der Waals surface area contributed by atoms with Crippen LogP contribution in [0.25, 0.3) is 72.2 Å². The van der Waals surface area contributed by atoms with Crippen molar-refractivity contribution in [3.63, 3.8) is 0 Å². The summed E-state index contributed by atoms with van der Waals surface area (Å²) in [5.41, 5.74) is 16.2. The highest BCUT2D eigenvalue weighted by molar-refractivity contribution is 6.10. The maximum atomic E-state index is 5.16. The third kappa shape index (κ3) is 3.79. The molecule has 11 aromatic rings. The molecule has 0 atom stereocenters. The number of rotatable bonds is 4. The van der Waals surface area contributed by atoms with Crippen LogP contribution >= 0.6 is 0 Å². The SMILES string of the molecule is c1ccc(C2(c3ccccc3)c3ccccc3-c3ccc(-n4c5ccccc5c5cc(-n6c7ccccc7n7c8ccccc8nc67)ccc54)cc32)cc1. The number of fused-ring (bicyclic) bond motifs is 11. The molecular weight excluding hydrogens is 657 g/mol. The van der Waals surface area contributed by atoms with Gasteiger partial charge in [-0.1, -0.05) is 133 Å². The van der Waals surface area contributed by atoms with Gasteiger partial charge in [-0.25, -0.2) is 4.98 Å². The van der Waals surface area contributed by atoms with E-state index < -0.39 is 5.41 Å². The van der Waals surface area contributed by atoms with Crippen LogP contribution < -0.4 is 0 Å². The Morgan fingerprint density at radius 1 is 0.370 bits per heavy atom. The predicted octanol–water partition coefficient (Wildman–Crippen LogP) is 11.9. The summed E-state index contributed by atoms with van der Waals surface area (Å²) < 4.78 is 7.04. The van der Waals surface area contributed by atoms with E-state index in [1.54, 1.807) is 0 Å². The number of benzene rings is 8. The van der Waals surface area contributed by atoms with E-state index in [2.05, 4.69) is 208 Å². The minimum atomic E-state index is -0.467. The molecule has 0 amide bonds. The highest BCUT2D eigenvalue weighted by Gasteiger charge is 2.46. The maximum Gasteiger partial charge on any atom is 0.220 e. The third-order valence-corrected chi connectivity index (χ3v) is 11.7. The Bertz CT molecular complexity index is 3230. The van der Waals surface area contributed by atoms with Crippen molar-refractivity contribution in [2.75, 3.05) is 0 Å². The van der Waals surface area contributed by atoms with Crippen LogP contribution in [-0.4, -0.2) is 18.5 Å². The van der Waals surface area contributed by atoms with Gasteiger partial charge in [0.15, 0.2) is 0 Å². The third-order valence-electron chi connectivity index (χ3n) is 11.7. The highest BCUT2D eigenvalue weighted by atomic mass is 15.2. The van der Waals surface area contributed by atoms with Gasteiger partial charge in [0.25, 0.3) is 0 Å². The Morgan fingerprint density at radius 2 is 0.944 bits per heavy atom. The zero-order valence-corrected chi connectivity index (χ0v) is 29.3.